The van der Waals surface area contributed by atoms with E-state index in [9.17, 15) is 14.4 Å². The van der Waals surface area contributed by atoms with E-state index in [0.29, 0.717) is 43.2 Å². The number of nitrogens with zero attached hydrogens (tertiary/aromatic N) is 1. The van der Waals surface area contributed by atoms with Crippen molar-refractivity contribution in [1.82, 2.24) is 4.90 Å². The fourth-order valence-corrected chi connectivity index (χ4v) is 4.38. The van der Waals surface area contributed by atoms with Crippen LogP contribution in [0.15, 0.2) is 18.2 Å². The summed E-state index contributed by atoms with van der Waals surface area (Å²) in [5.41, 5.74) is 1.06. The molecule has 1 aromatic carbocycles. The zero-order chi connectivity index (χ0) is 25.6. The van der Waals surface area contributed by atoms with Crippen LogP contribution in [-0.4, -0.2) is 54.7 Å². The quantitative estimate of drug-likeness (QED) is 0.504. The number of methoxy groups -OCH3 is 1. The molecule has 2 aliphatic heterocycles. The third-order valence-electron chi connectivity index (χ3n) is 6.41. The molecule has 1 saturated carbocycles. The molecule has 2 atom stereocenters. The minimum atomic E-state index is -0.495. The van der Waals surface area contributed by atoms with Gasteiger partial charge in [-0.1, -0.05) is 32.3 Å². The van der Waals surface area contributed by atoms with E-state index in [-0.39, 0.29) is 29.9 Å². The van der Waals surface area contributed by atoms with Gasteiger partial charge in [-0.05, 0) is 70.1 Å². The maximum atomic E-state index is 12.7. The number of rotatable bonds is 5. The lowest BCUT2D eigenvalue weighted by molar-refractivity contribution is -0.144. The summed E-state index contributed by atoms with van der Waals surface area (Å²) in [5.74, 6) is 0.580. The molecule has 4 rings (SSSR count). The SMILES string of the molecule is C1CC1.COC(=O)C(C)Cc1ccc2c(c1)OC(CC1CCN(C(=O)OC(C)(C)C)CC1)CC2=O. The summed E-state index contributed by atoms with van der Waals surface area (Å²) in [6.07, 6.45) is 7.51. The average molecular weight is 488 g/mol. The van der Waals surface area contributed by atoms with Crippen molar-refractivity contribution in [3.05, 3.63) is 29.3 Å². The van der Waals surface area contributed by atoms with Gasteiger partial charge in [-0.25, -0.2) is 4.79 Å². The lowest BCUT2D eigenvalue weighted by Crippen LogP contribution is -2.42. The highest BCUT2D eigenvalue weighted by Gasteiger charge is 2.32. The topological polar surface area (TPSA) is 82.1 Å². The Morgan fingerprint density at radius 2 is 1.80 bits per heavy atom. The molecule has 2 heterocycles. The van der Waals surface area contributed by atoms with E-state index in [4.69, 9.17) is 14.2 Å². The van der Waals surface area contributed by atoms with Gasteiger partial charge in [-0.2, -0.15) is 0 Å². The van der Waals surface area contributed by atoms with Crippen LogP contribution in [0.4, 0.5) is 4.79 Å². The van der Waals surface area contributed by atoms with Gasteiger partial charge in [0.2, 0.25) is 0 Å². The number of carbonyl (C=O) groups is 3. The monoisotopic (exact) mass is 487 g/mol. The van der Waals surface area contributed by atoms with Gasteiger partial charge in [0.05, 0.1) is 18.6 Å². The Morgan fingerprint density at radius 1 is 1.14 bits per heavy atom. The molecule has 1 aromatic rings. The second-order valence-electron chi connectivity index (χ2n) is 11.0. The fourth-order valence-electron chi connectivity index (χ4n) is 4.38. The van der Waals surface area contributed by atoms with Crippen LogP contribution in [0.1, 0.15) is 88.6 Å². The van der Waals surface area contributed by atoms with E-state index in [2.05, 4.69) is 0 Å². The van der Waals surface area contributed by atoms with Crippen molar-refractivity contribution in [3.8, 4) is 5.75 Å². The van der Waals surface area contributed by atoms with Gasteiger partial charge in [0.1, 0.15) is 17.5 Å². The molecule has 0 bridgehead atoms. The van der Waals surface area contributed by atoms with Crippen molar-refractivity contribution in [2.75, 3.05) is 20.2 Å². The minimum Gasteiger partial charge on any atom is -0.489 e. The lowest BCUT2D eigenvalue weighted by Gasteiger charge is -2.35. The van der Waals surface area contributed by atoms with E-state index in [0.717, 1.165) is 24.8 Å². The van der Waals surface area contributed by atoms with Crippen molar-refractivity contribution in [3.63, 3.8) is 0 Å². The molecular formula is C28H41NO6. The summed E-state index contributed by atoms with van der Waals surface area (Å²) in [7, 11) is 1.38. The molecule has 0 aromatic heterocycles. The van der Waals surface area contributed by atoms with E-state index in [1.165, 1.54) is 26.4 Å². The highest BCUT2D eigenvalue weighted by molar-refractivity contribution is 6.00. The Bertz CT molecular complexity index is 892. The van der Waals surface area contributed by atoms with Crippen LogP contribution < -0.4 is 4.74 Å². The standard InChI is InChI=1S/C25H35NO6.C3H6/c1-16(23(28)30-5)12-18-6-7-20-21(27)15-19(31-22(20)14-18)13-17-8-10-26(11-9-17)24(29)32-25(2,3)4;1-2-3-1/h6-7,14,16-17,19H,8-13,15H2,1-5H3;1-3H2. The molecule has 2 unspecified atom stereocenters. The summed E-state index contributed by atoms with van der Waals surface area (Å²) in [4.78, 5) is 38.4. The average Bonchev–Trinajstić information content (AvgIpc) is 3.67. The second-order valence-corrected chi connectivity index (χ2v) is 11.0. The van der Waals surface area contributed by atoms with Gasteiger partial charge in [-0.15, -0.1) is 0 Å². The number of fused-ring (bicyclic) bond motifs is 1. The molecule has 1 saturated heterocycles. The van der Waals surface area contributed by atoms with Crippen molar-refractivity contribution in [2.45, 2.75) is 90.8 Å². The number of Topliss-reactive ketones (excluding diaryl/α,β-unsaturated/α-hetero) is 1. The van der Waals surface area contributed by atoms with Crippen LogP contribution in [-0.2, 0) is 20.7 Å². The van der Waals surface area contributed by atoms with Crippen LogP contribution in [0.3, 0.4) is 0 Å². The molecule has 3 aliphatic rings. The van der Waals surface area contributed by atoms with Gasteiger partial charge in [0, 0.05) is 19.5 Å². The summed E-state index contributed by atoms with van der Waals surface area (Å²) < 4.78 is 16.5. The van der Waals surface area contributed by atoms with Crippen molar-refractivity contribution in [1.29, 1.82) is 0 Å². The molecule has 0 N–H and O–H groups in total. The molecule has 7 heteroatoms. The second kappa shape index (κ2) is 11.9. The van der Waals surface area contributed by atoms with Gasteiger partial charge >= 0.3 is 12.1 Å². The largest absolute Gasteiger partial charge is 0.489 e. The predicted octanol–water partition coefficient (Wildman–Crippen LogP) is 5.58. The number of piperidine rings is 1. The van der Waals surface area contributed by atoms with E-state index < -0.39 is 5.60 Å². The lowest BCUT2D eigenvalue weighted by atomic mass is 9.87. The van der Waals surface area contributed by atoms with Gasteiger partial charge in [0.15, 0.2) is 5.78 Å². The molecule has 35 heavy (non-hydrogen) atoms. The van der Waals surface area contributed by atoms with E-state index in [1.807, 2.05) is 39.8 Å². The number of ether oxygens (including phenoxy) is 3. The third-order valence-corrected chi connectivity index (χ3v) is 6.41. The zero-order valence-corrected chi connectivity index (χ0v) is 21.9. The van der Waals surface area contributed by atoms with Gasteiger partial charge in [0.25, 0.3) is 0 Å². The highest BCUT2D eigenvalue weighted by Crippen LogP contribution is 2.33. The maximum absolute atomic E-state index is 12.7. The number of likely N-dealkylation sites (tertiary alicyclic amines) is 1. The maximum Gasteiger partial charge on any atom is 0.410 e. The van der Waals surface area contributed by atoms with Crippen LogP contribution >= 0.6 is 0 Å². The molecule has 2 fully saturated rings. The number of hydrogen-bond donors (Lipinski definition) is 0. The molecule has 7 nitrogen and oxygen atoms in total. The third kappa shape index (κ3) is 8.55. The summed E-state index contributed by atoms with van der Waals surface area (Å²) in [5, 5.41) is 0. The molecule has 1 aliphatic carbocycles. The van der Waals surface area contributed by atoms with Crippen molar-refractivity contribution >= 4 is 17.8 Å². The summed E-state index contributed by atoms with van der Waals surface area (Å²) >= 11 is 0. The Hall–Kier alpha value is -2.57. The zero-order valence-electron chi connectivity index (χ0n) is 21.9. The van der Waals surface area contributed by atoms with Crippen molar-refractivity contribution in [2.24, 2.45) is 11.8 Å². The van der Waals surface area contributed by atoms with Crippen LogP contribution in [0, 0.1) is 11.8 Å². The van der Waals surface area contributed by atoms with E-state index in [1.54, 1.807) is 11.0 Å². The van der Waals surface area contributed by atoms with Crippen LogP contribution in [0.25, 0.3) is 0 Å². The Kier molecular flexibility index (Phi) is 9.20. The normalized spacial score (nSPS) is 20.5. The highest BCUT2D eigenvalue weighted by atomic mass is 16.6. The number of ketones is 1. The molecular weight excluding hydrogens is 446 g/mol. The summed E-state index contributed by atoms with van der Waals surface area (Å²) in [6.45, 7) is 8.75. The van der Waals surface area contributed by atoms with E-state index >= 15 is 0 Å². The number of benzene rings is 1. The first-order valence-electron chi connectivity index (χ1n) is 12.9. The van der Waals surface area contributed by atoms with Crippen LogP contribution in [0.2, 0.25) is 0 Å². The van der Waals surface area contributed by atoms with Crippen LogP contribution in [0.5, 0.6) is 5.75 Å². The molecule has 0 spiro atoms. The number of amides is 1. The molecule has 1 amide bonds. The Balaban J connectivity index is 0.00000106. The fraction of sp³-hybridized carbons (Fsp3) is 0.679. The minimum absolute atomic E-state index is 0.0926. The van der Waals surface area contributed by atoms with Gasteiger partial charge in [-0.3, -0.25) is 9.59 Å². The first kappa shape index (κ1) is 27.0. The molecule has 0 radical (unpaired) electrons. The van der Waals surface area contributed by atoms with Crippen molar-refractivity contribution < 1.29 is 28.6 Å². The number of hydrogen-bond acceptors (Lipinski definition) is 6. The predicted molar refractivity (Wildman–Crippen MR) is 134 cm³/mol. The number of carbonyl (C=O) groups excluding carboxylic acids is 3. The first-order valence-corrected chi connectivity index (χ1v) is 12.9. The van der Waals surface area contributed by atoms with Gasteiger partial charge < -0.3 is 19.1 Å². The first-order chi connectivity index (χ1) is 16.6. The smallest absolute Gasteiger partial charge is 0.410 e. The number of esters is 1. The summed E-state index contributed by atoms with van der Waals surface area (Å²) in [6, 6.07) is 5.56. The molecule has 194 valence electrons. The Morgan fingerprint density at radius 3 is 2.37 bits per heavy atom. The Labute approximate surface area is 209 Å².